The number of thiazole rings is 1. The quantitative estimate of drug-likeness (QED) is 0.874. The van der Waals surface area contributed by atoms with Gasteiger partial charge in [0.05, 0.1) is 0 Å². The summed E-state index contributed by atoms with van der Waals surface area (Å²) in [4.78, 5) is 4.60. The number of hydrogen-bond acceptors (Lipinski definition) is 5. The summed E-state index contributed by atoms with van der Waals surface area (Å²) in [6, 6.07) is -0.0602. The molecule has 2 heterocycles. The molecule has 3 rings (SSSR count). The molecule has 0 radical (unpaired) electrons. The first kappa shape index (κ1) is 16.0. The van der Waals surface area contributed by atoms with Gasteiger partial charge in [0.2, 0.25) is 0 Å². The highest BCUT2D eigenvalue weighted by Crippen LogP contribution is 2.27. The van der Waals surface area contributed by atoms with E-state index in [-0.39, 0.29) is 34.7 Å². The predicted molar refractivity (Wildman–Crippen MR) is 81.3 cm³/mol. The van der Waals surface area contributed by atoms with Crippen LogP contribution in [0.2, 0.25) is 5.15 Å². The van der Waals surface area contributed by atoms with Crippen LogP contribution in [-0.2, 0) is 10.0 Å². The van der Waals surface area contributed by atoms with Crippen LogP contribution in [0.1, 0.15) is 19.3 Å². The molecule has 20 heavy (non-hydrogen) atoms. The summed E-state index contributed by atoms with van der Waals surface area (Å²) in [7, 11) is -3.68. The normalized spacial score (nSPS) is 23.1. The number of imidazole rings is 1. The van der Waals surface area contributed by atoms with Crippen molar-refractivity contribution in [2.24, 2.45) is 5.73 Å². The first-order valence-electron chi connectivity index (χ1n) is 5.86. The third kappa shape index (κ3) is 2.81. The predicted octanol–water partition coefficient (Wildman–Crippen LogP) is 1.63. The van der Waals surface area contributed by atoms with E-state index in [0.29, 0.717) is 11.4 Å². The summed E-state index contributed by atoms with van der Waals surface area (Å²) in [5.41, 5.74) is 5.79. The Balaban J connectivity index is 0.00000147. The highest BCUT2D eigenvalue weighted by atomic mass is 35.5. The van der Waals surface area contributed by atoms with Crippen LogP contribution < -0.4 is 10.5 Å². The maximum atomic E-state index is 12.4. The molecule has 3 N–H and O–H groups in total. The minimum Gasteiger partial charge on any atom is -0.328 e. The number of rotatable bonds is 3. The first-order valence-corrected chi connectivity index (χ1v) is 8.60. The Labute approximate surface area is 131 Å². The van der Waals surface area contributed by atoms with Crippen LogP contribution in [0.25, 0.3) is 4.96 Å². The summed E-state index contributed by atoms with van der Waals surface area (Å²) in [6.07, 6.45) is 3.89. The maximum Gasteiger partial charge on any atom is 0.260 e. The van der Waals surface area contributed by atoms with Crippen LogP contribution in [0.5, 0.6) is 0 Å². The first-order chi connectivity index (χ1) is 8.97. The van der Waals surface area contributed by atoms with E-state index in [1.807, 2.05) is 0 Å². The van der Waals surface area contributed by atoms with Crippen LogP contribution in [-0.4, -0.2) is 29.9 Å². The Morgan fingerprint density at radius 1 is 1.50 bits per heavy atom. The monoisotopic (exact) mass is 356 g/mol. The Hall–Kier alpha value is -0.380. The van der Waals surface area contributed by atoms with Crippen LogP contribution >= 0.6 is 35.3 Å². The number of nitrogens with one attached hydrogen (secondary N) is 1. The number of halogens is 2. The Morgan fingerprint density at radius 2 is 2.25 bits per heavy atom. The van der Waals surface area contributed by atoms with Gasteiger partial charge in [0, 0.05) is 23.7 Å². The van der Waals surface area contributed by atoms with Crippen LogP contribution in [0, 0.1) is 0 Å². The van der Waals surface area contributed by atoms with Gasteiger partial charge in [-0.1, -0.05) is 11.6 Å². The summed E-state index contributed by atoms with van der Waals surface area (Å²) in [5.74, 6) is 0. The van der Waals surface area contributed by atoms with Crippen LogP contribution in [0.4, 0.5) is 0 Å². The van der Waals surface area contributed by atoms with Crippen molar-refractivity contribution < 1.29 is 8.42 Å². The molecule has 112 valence electrons. The largest absolute Gasteiger partial charge is 0.328 e. The molecule has 2 aromatic heterocycles. The minimum atomic E-state index is -3.68. The molecular formula is C10H14Cl2N4O2S2. The Morgan fingerprint density at radius 3 is 2.90 bits per heavy atom. The molecule has 0 spiro atoms. The van der Waals surface area contributed by atoms with Crippen LogP contribution in [0.3, 0.4) is 0 Å². The molecule has 0 unspecified atom stereocenters. The molecule has 1 saturated carbocycles. The van der Waals surface area contributed by atoms with Gasteiger partial charge in [0.1, 0.15) is 0 Å². The molecule has 0 aliphatic heterocycles. The standard InChI is InChI=1S/C10H13ClN4O2S2.ClH/c11-8-9(15-3-4-18-10(15)13-8)19(16,17)14-7-2-1-6(12)5-7;/h3-4,6-7,14H,1-2,5,12H2;1H/t6-,7-;/m1./s1. The zero-order chi connectivity index (χ0) is 13.6. The van der Waals surface area contributed by atoms with Crippen LogP contribution in [0.15, 0.2) is 16.6 Å². The van der Waals surface area contributed by atoms with E-state index in [9.17, 15) is 8.42 Å². The maximum absolute atomic E-state index is 12.4. The van der Waals surface area contributed by atoms with Crippen molar-refractivity contribution >= 4 is 50.3 Å². The topological polar surface area (TPSA) is 89.5 Å². The van der Waals surface area contributed by atoms with Gasteiger partial charge in [0.15, 0.2) is 15.1 Å². The summed E-state index contributed by atoms with van der Waals surface area (Å²) in [5, 5.41) is 1.77. The number of hydrogen-bond donors (Lipinski definition) is 2. The van der Waals surface area contributed by atoms with Crippen molar-refractivity contribution in [3.63, 3.8) is 0 Å². The molecule has 1 fully saturated rings. The van der Waals surface area contributed by atoms with E-state index in [0.717, 1.165) is 12.8 Å². The van der Waals surface area contributed by atoms with Crippen molar-refractivity contribution in [3.05, 3.63) is 16.7 Å². The van der Waals surface area contributed by atoms with Crippen molar-refractivity contribution in [1.82, 2.24) is 14.1 Å². The van der Waals surface area contributed by atoms with Gasteiger partial charge in [-0.25, -0.2) is 18.1 Å². The fourth-order valence-electron chi connectivity index (χ4n) is 2.38. The summed E-state index contributed by atoms with van der Waals surface area (Å²) in [6.45, 7) is 0. The number of nitrogens with zero attached hydrogens (tertiary/aromatic N) is 2. The average Bonchev–Trinajstić information content (AvgIpc) is 2.93. The second kappa shape index (κ2) is 5.78. The molecule has 0 aromatic carbocycles. The van der Waals surface area contributed by atoms with E-state index in [2.05, 4.69) is 9.71 Å². The second-order valence-corrected chi connectivity index (χ2v) is 7.51. The lowest BCUT2D eigenvalue weighted by molar-refractivity contribution is 0.545. The zero-order valence-electron chi connectivity index (χ0n) is 10.3. The van der Waals surface area contributed by atoms with Gasteiger partial charge < -0.3 is 5.73 Å². The smallest absolute Gasteiger partial charge is 0.260 e. The highest BCUT2D eigenvalue weighted by molar-refractivity contribution is 7.89. The highest BCUT2D eigenvalue weighted by Gasteiger charge is 2.30. The van der Waals surface area contributed by atoms with Crippen molar-refractivity contribution in [2.75, 3.05) is 0 Å². The van der Waals surface area contributed by atoms with Crippen molar-refractivity contribution in [3.8, 4) is 0 Å². The van der Waals surface area contributed by atoms with Gasteiger partial charge in [-0.05, 0) is 19.3 Å². The summed E-state index contributed by atoms with van der Waals surface area (Å²) < 4.78 is 28.9. The third-order valence-corrected chi connectivity index (χ3v) is 5.90. The van der Waals surface area contributed by atoms with E-state index >= 15 is 0 Å². The molecule has 10 heteroatoms. The second-order valence-electron chi connectivity index (χ2n) is 4.65. The Bertz CT molecular complexity index is 712. The third-order valence-electron chi connectivity index (χ3n) is 3.23. The van der Waals surface area contributed by atoms with Crippen molar-refractivity contribution in [1.29, 1.82) is 0 Å². The fraction of sp³-hybridized carbons (Fsp3) is 0.500. The lowest BCUT2D eigenvalue weighted by atomic mass is 10.2. The SMILES string of the molecule is Cl.N[C@@H]1CC[C@@H](NS(=O)(=O)c2c(Cl)nc3sccn23)C1. The zero-order valence-corrected chi connectivity index (χ0v) is 13.5. The molecule has 1 aliphatic rings. The Kier molecular flexibility index (Phi) is 4.63. The minimum absolute atomic E-state index is 0. The van der Waals surface area contributed by atoms with E-state index in [4.69, 9.17) is 17.3 Å². The lowest BCUT2D eigenvalue weighted by Crippen LogP contribution is -2.34. The number of nitrogens with two attached hydrogens (primary N) is 1. The van der Waals surface area contributed by atoms with Crippen molar-refractivity contribution in [2.45, 2.75) is 36.4 Å². The van der Waals surface area contributed by atoms with Gasteiger partial charge in [0.25, 0.3) is 10.0 Å². The van der Waals surface area contributed by atoms with Gasteiger partial charge in [-0.15, -0.1) is 23.7 Å². The van der Waals surface area contributed by atoms with E-state index in [1.165, 1.54) is 15.7 Å². The molecule has 0 bridgehead atoms. The molecular weight excluding hydrogens is 343 g/mol. The number of aromatic nitrogens is 2. The lowest BCUT2D eigenvalue weighted by Gasteiger charge is -2.12. The summed E-state index contributed by atoms with van der Waals surface area (Å²) >= 11 is 7.28. The molecule has 6 nitrogen and oxygen atoms in total. The fourth-order valence-corrected chi connectivity index (χ4v) is 5.11. The van der Waals surface area contributed by atoms with E-state index < -0.39 is 10.0 Å². The van der Waals surface area contributed by atoms with Gasteiger partial charge >= 0.3 is 0 Å². The molecule has 0 amide bonds. The van der Waals surface area contributed by atoms with E-state index in [1.54, 1.807) is 11.6 Å². The molecule has 2 aromatic rings. The average molecular weight is 357 g/mol. The molecule has 2 atom stereocenters. The van der Waals surface area contributed by atoms with Gasteiger partial charge in [-0.2, -0.15) is 0 Å². The van der Waals surface area contributed by atoms with Gasteiger partial charge in [-0.3, -0.25) is 4.40 Å². The number of sulfonamides is 1. The molecule has 1 aliphatic carbocycles. The molecule has 0 saturated heterocycles. The number of fused-ring (bicyclic) bond motifs is 1.